The van der Waals surface area contributed by atoms with Crippen LogP contribution in [-0.4, -0.2) is 12.1 Å². The van der Waals surface area contributed by atoms with Crippen LogP contribution in [0.3, 0.4) is 0 Å². The first-order valence-electron chi connectivity index (χ1n) is 7.07. The van der Waals surface area contributed by atoms with Gasteiger partial charge in [-0.05, 0) is 65.7 Å². The van der Waals surface area contributed by atoms with Crippen molar-refractivity contribution in [1.82, 2.24) is 0 Å². The van der Waals surface area contributed by atoms with Gasteiger partial charge < -0.3 is 10.5 Å². The summed E-state index contributed by atoms with van der Waals surface area (Å²) in [6.07, 6.45) is 9.89. The normalized spacial score (nSPS) is 20.3. The first-order chi connectivity index (χ1) is 9.20. The monoisotopic (exact) mass is 323 g/mol. The first-order valence-corrected chi connectivity index (χ1v) is 7.86. The van der Waals surface area contributed by atoms with E-state index >= 15 is 0 Å². The van der Waals surface area contributed by atoms with Gasteiger partial charge in [-0.2, -0.15) is 0 Å². The molecule has 1 aliphatic carbocycles. The van der Waals surface area contributed by atoms with Crippen molar-refractivity contribution >= 4 is 15.9 Å². The average Bonchev–Trinajstić information content (AvgIpc) is 2.43. The smallest absolute Gasteiger partial charge is 0.137 e. The van der Waals surface area contributed by atoms with Crippen molar-refractivity contribution in [3.05, 3.63) is 40.4 Å². The minimum absolute atomic E-state index is 0.193. The van der Waals surface area contributed by atoms with Crippen molar-refractivity contribution in [2.45, 2.75) is 51.2 Å². The highest BCUT2D eigenvalue weighted by molar-refractivity contribution is 9.10. The van der Waals surface area contributed by atoms with Gasteiger partial charge >= 0.3 is 0 Å². The molecule has 2 nitrogen and oxygen atoms in total. The van der Waals surface area contributed by atoms with Gasteiger partial charge in [-0.25, -0.2) is 0 Å². The fourth-order valence-corrected chi connectivity index (χ4v) is 2.80. The van der Waals surface area contributed by atoms with E-state index in [2.05, 4.69) is 41.1 Å². The van der Waals surface area contributed by atoms with Gasteiger partial charge in [-0.15, -0.1) is 0 Å². The summed E-state index contributed by atoms with van der Waals surface area (Å²) in [6.45, 7) is 2.12. The number of rotatable bonds is 5. The Morgan fingerprint density at radius 2 is 2.32 bits per heavy atom. The summed E-state index contributed by atoms with van der Waals surface area (Å²) in [5, 5.41) is 0. The minimum atomic E-state index is 0.193. The summed E-state index contributed by atoms with van der Waals surface area (Å²) in [6, 6.07) is 6.38. The third-order valence-corrected chi connectivity index (χ3v) is 4.16. The van der Waals surface area contributed by atoms with Gasteiger partial charge in [0, 0.05) is 6.04 Å². The van der Waals surface area contributed by atoms with Crippen molar-refractivity contribution in [2.75, 3.05) is 0 Å². The Bertz CT molecular complexity index is 444. The van der Waals surface area contributed by atoms with Gasteiger partial charge in [0.05, 0.1) is 4.47 Å². The largest absolute Gasteiger partial charge is 0.485 e. The molecule has 2 unspecified atom stereocenters. The van der Waals surface area contributed by atoms with E-state index in [0.717, 1.165) is 29.5 Å². The van der Waals surface area contributed by atoms with Crippen molar-refractivity contribution in [1.29, 1.82) is 0 Å². The minimum Gasteiger partial charge on any atom is -0.485 e. The van der Waals surface area contributed by atoms with E-state index in [1.54, 1.807) is 0 Å². The molecule has 1 aromatic carbocycles. The molecule has 0 bridgehead atoms. The quantitative estimate of drug-likeness (QED) is 0.823. The van der Waals surface area contributed by atoms with Crippen LogP contribution in [0.25, 0.3) is 0 Å². The molecule has 1 aliphatic rings. The molecule has 1 aromatic rings. The lowest BCUT2D eigenvalue weighted by Gasteiger charge is -2.22. The van der Waals surface area contributed by atoms with Crippen LogP contribution in [0.15, 0.2) is 34.8 Å². The molecule has 0 aromatic heterocycles. The molecule has 0 aliphatic heterocycles. The van der Waals surface area contributed by atoms with Crippen molar-refractivity contribution in [3.8, 4) is 5.75 Å². The molecule has 3 heteroatoms. The zero-order valence-corrected chi connectivity index (χ0v) is 13.0. The summed E-state index contributed by atoms with van der Waals surface area (Å²) >= 11 is 3.60. The lowest BCUT2D eigenvalue weighted by Crippen LogP contribution is -2.23. The number of halogens is 1. The summed E-state index contributed by atoms with van der Waals surface area (Å²) in [7, 11) is 0. The number of para-hydroxylation sites is 1. The van der Waals surface area contributed by atoms with Crippen molar-refractivity contribution < 1.29 is 4.74 Å². The summed E-state index contributed by atoms with van der Waals surface area (Å²) in [5.41, 5.74) is 7.27. The molecule has 0 radical (unpaired) electrons. The standard InChI is InChI=1S/C16H22BrNO/c1-2-13(18)11-12-7-6-10-15(17)16(12)19-14-8-4-3-5-9-14/h4,6-8,10,13-14H,2-3,5,9,11,18H2,1H3. The lowest BCUT2D eigenvalue weighted by molar-refractivity contribution is 0.226. The second kappa shape index (κ2) is 7.11. The van der Waals surface area contributed by atoms with Gasteiger partial charge in [-0.3, -0.25) is 0 Å². The first kappa shape index (κ1) is 14.6. The number of benzene rings is 1. The van der Waals surface area contributed by atoms with Crippen LogP contribution in [0.5, 0.6) is 5.75 Å². The molecule has 2 N–H and O–H groups in total. The van der Waals surface area contributed by atoms with E-state index in [4.69, 9.17) is 10.5 Å². The molecule has 0 fully saturated rings. The molecule has 0 saturated carbocycles. The number of hydrogen-bond acceptors (Lipinski definition) is 2. The summed E-state index contributed by atoms with van der Waals surface area (Å²) < 4.78 is 7.19. The third-order valence-electron chi connectivity index (χ3n) is 3.53. The van der Waals surface area contributed by atoms with E-state index in [1.807, 2.05) is 12.1 Å². The Labute approximate surface area is 124 Å². The fraction of sp³-hybridized carbons (Fsp3) is 0.500. The van der Waals surface area contributed by atoms with E-state index < -0.39 is 0 Å². The van der Waals surface area contributed by atoms with Gasteiger partial charge in [0.1, 0.15) is 11.9 Å². The summed E-state index contributed by atoms with van der Waals surface area (Å²) in [5.74, 6) is 0.961. The average molecular weight is 324 g/mol. The fourth-order valence-electron chi connectivity index (χ4n) is 2.30. The van der Waals surface area contributed by atoms with Crippen molar-refractivity contribution in [3.63, 3.8) is 0 Å². The molecule has 104 valence electrons. The maximum Gasteiger partial charge on any atom is 0.137 e. The van der Waals surface area contributed by atoms with Crippen LogP contribution in [0, 0.1) is 0 Å². The second-order valence-electron chi connectivity index (χ2n) is 5.12. The van der Waals surface area contributed by atoms with Crippen LogP contribution < -0.4 is 10.5 Å². The van der Waals surface area contributed by atoms with Gasteiger partial charge in [0.25, 0.3) is 0 Å². The maximum absolute atomic E-state index is 6.17. The maximum atomic E-state index is 6.17. The van der Waals surface area contributed by atoms with Gasteiger partial charge in [-0.1, -0.05) is 25.1 Å². The molecule has 0 heterocycles. The van der Waals surface area contributed by atoms with Crippen LogP contribution in [0.4, 0.5) is 0 Å². The molecular weight excluding hydrogens is 302 g/mol. The predicted molar refractivity (Wildman–Crippen MR) is 83.5 cm³/mol. The number of nitrogens with two attached hydrogens (primary N) is 1. The third kappa shape index (κ3) is 4.08. The van der Waals surface area contributed by atoms with E-state index in [0.29, 0.717) is 0 Å². The Balaban J connectivity index is 2.17. The Hall–Kier alpha value is -0.800. The SMILES string of the molecule is CCC(N)Cc1cccc(Br)c1OC1C=CCCC1. The molecule has 2 rings (SSSR count). The van der Waals surface area contributed by atoms with Gasteiger partial charge in [0.2, 0.25) is 0 Å². The highest BCUT2D eigenvalue weighted by Crippen LogP contribution is 2.32. The highest BCUT2D eigenvalue weighted by atomic mass is 79.9. The van der Waals surface area contributed by atoms with E-state index in [9.17, 15) is 0 Å². The van der Waals surface area contributed by atoms with Crippen molar-refractivity contribution in [2.24, 2.45) is 5.73 Å². The van der Waals surface area contributed by atoms with E-state index in [-0.39, 0.29) is 12.1 Å². The summed E-state index contributed by atoms with van der Waals surface area (Å²) in [4.78, 5) is 0. The Morgan fingerprint density at radius 1 is 1.47 bits per heavy atom. The van der Waals surface area contributed by atoms with Crippen LogP contribution in [0.2, 0.25) is 0 Å². The zero-order chi connectivity index (χ0) is 13.7. The van der Waals surface area contributed by atoms with E-state index in [1.165, 1.54) is 18.4 Å². The highest BCUT2D eigenvalue weighted by Gasteiger charge is 2.16. The zero-order valence-electron chi connectivity index (χ0n) is 11.4. The number of hydrogen-bond donors (Lipinski definition) is 1. The van der Waals surface area contributed by atoms with Gasteiger partial charge in [0.15, 0.2) is 0 Å². The molecule has 0 saturated heterocycles. The topological polar surface area (TPSA) is 35.2 Å². The Kier molecular flexibility index (Phi) is 5.46. The molecule has 0 amide bonds. The predicted octanol–water partition coefficient (Wildman–Crippen LogP) is 4.22. The Morgan fingerprint density at radius 3 is 3.00 bits per heavy atom. The molecular formula is C16H22BrNO. The van der Waals surface area contributed by atoms with Crippen LogP contribution in [-0.2, 0) is 6.42 Å². The number of allylic oxidation sites excluding steroid dienone is 1. The molecule has 19 heavy (non-hydrogen) atoms. The second-order valence-corrected chi connectivity index (χ2v) is 5.97. The van der Waals surface area contributed by atoms with Crippen LogP contribution >= 0.6 is 15.9 Å². The lowest BCUT2D eigenvalue weighted by atomic mass is 10.0. The molecule has 2 atom stereocenters. The van der Waals surface area contributed by atoms with Crippen LogP contribution in [0.1, 0.15) is 38.2 Å². The molecule has 0 spiro atoms. The number of ether oxygens (including phenoxy) is 1.